The van der Waals surface area contributed by atoms with Crippen LogP contribution in [0.1, 0.15) is 141 Å². The Labute approximate surface area is 555 Å². The van der Waals surface area contributed by atoms with Crippen molar-refractivity contribution in [1.82, 2.24) is 0 Å². The summed E-state index contributed by atoms with van der Waals surface area (Å²) in [6, 6.07) is 33.5. The van der Waals surface area contributed by atoms with Gasteiger partial charge in [0.05, 0.1) is 13.2 Å². The zero-order valence-electron chi connectivity index (χ0n) is 57.2. The molecule has 19 nitrogen and oxygen atoms in total. The summed E-state index contributed by atoms with van der Waals surface area (Å²) < 4.78 is 70.0. The van der Waals surface area contributed by atoms with Crippen LogP contribution in [0, 0.1) is 5.41 Å². The van der Waals surface area contributed by atoms with Gasteiger partial charge in [-0.25, -0.2) is 0 Å². The predicted octanol–water partition coefficient (Wildman–Crippen LogP) is 12.9. The summed E-state index contributed by atoms with van der Waals surface area (Å²) in [5.74, 6) is 0.373. The molecule has 1 saturated heterocycles. The van der Waals surface area contributed by atoms with Gasteiger partial charge in [0.2, 0.25) is 0 Å². The average molecular weight is 1370 g/mol. The van der Waals surface area contributed by atoms with Gasteiger partial charge in [-0.15, -0.1) is 26.3 Å². The van der Waals surface area contributed by atoms with Crippen LogP contribution in [0.3, 0.4) is 0 Å². The van der Waals surface area contributed by atoms with Crippen molar-refractivity contribution in [2.45, 2.75) is 156 Å². The molecule has 6 rings (SSSR count). The number of carbonyl (C=O) groups excluding carboxylic acids is 5. The van der Waals surface area contributed by atoms with Crippen LogP contribution in [0.5, 0.6) is 28.7 Å². The molecule has 93 heavy (non-hydrogen) atoms. The molecule has 5 aromatic carbocycles. The molecule has 1 heterocycles. The fourth-order valence-electron chi connectivity index (χ4n) is 9.94. The topological polar surface area (TPSA) is 259 Å². The number of hydrogen-bond acceptors (Lipinski definition) is 19. The Morgan fingerprint density at radius 2 is 0.505 bits per heavy atom. The maximum absolute atomic E-state index is 13.3. The highest BCUT2D eigenvalue weighted by atomic mass is 28.5. The lowest BCUT2D eigenvalue weighted by molar-refractivity contribution is 0.0487. The van der Waals surface area contributed by atoms with Crippen LogP contribution >= 0.6 is 0 Å². The van der Waals surface area contributed by atoms with Gasteiger partial charge < -0.3 is 64.7 Å². The van der Waals surface area contributed by atoms with Crippen molar-refractivity contribution < 1.29 is 88.7 Å². The lowest BCUT2D eigenvalue weighted by Crippen LogP contribution is -2.70. The van der Waals surface area contributed by atoms with Gasteiger partial charge in [-0.05, 0) is 234 Å². The van der Waals surface area contributed by atoms with Gasteiger partial charge in [0.15, 0.2) is 28.9 Å². The van der Waals surface area contributed by atoms with Crippen LogP contribution in [-0.4, -0.2) is 146 Å². The molecule has 0 radical (unpaired) electrons. The van der Waals surface area contributed by atoms with Crippen molar-refractivity contribution in [3.8, 4) is 28.7 Å². The van der Waals surface area contributed by atoms with E-state index in [-0.39, 0.29) is 48.8 Å². The Hall–Kier alpha value is -6.35. The van der Waals surface area contributed by atoms with E-state index in [0.717, 1.165) is 0 Å². The Morgan fingerprint density at radius 3 is 0.710 bits per heavy atom. The number of hydrogen-bond donors (Lipinski definition) is 4. The summed E-state index contributed by atoms with van der Waals surface area (Å²) in [6.45, 7) is 38.9. The second-order valence-electron chi connectivity index (χ2n) is 26.7. The Morgan fingerprint density at radius 1 is 0.323 bits per heavy atom. The third-order valence-corrected chi connectivity index (χ3v) is 36.0. The fraction of sp³-hybridized carbons (Fsp3) is 0.435. The molecular formula is C69H98O19Si5. The van der Waals surface area contributed by atoms with Gasteiger partial charge in [-0.2, -0.15) is 0 Å². The third-order valence-electron chi connectivity index (χ3n) is 14.2. The van der Waals surface area contributed by atoms with Crippen LogP contribution in [0.25, 0.3) is 0 Å². The van der Waals surface area contributed by atoms with Gasteiger partial charge in [0.25, 0.3) is 0 Å². The van der Waals surface area contributed by atoms with E-state index in [1.807, 2.05) is 53.5 Å². The minimum atomic E-state index is -3.87. The summed E-state index contributed by atoms with van der Waals surface area (Å²) in [6.07, 6.45) is 0.493. The molecule has 1 aliphatic heterocycles. The molecule has 5 unspecified atom stereocenters. The van der Waals surface area contributed by atoms with Crippen molar-refractivity contribution in [3.05, 3.63) is 175 Å². The highest BCUT2D eigenvalue weighted by Gasteiger charge is 2.58. The third kappa shape index (κ3) is 24.1. The first kappa shape index (κ1) is 79.1. The number of Topliss-reactive ketones (excluding diaryl/α,β-unsaturated/α-hetero) is 5. The van der Waals surface area contributed by atoms with Crippen LogP contribution in [0.2, 0.25) is 44.8 Å². The number of benzene rings is 5. The van der Waals surface area contributed by atoms with Crippen LogP contribution in [-0.2, 0) is 20.6 Å². The SMILES string of the molecule is C=C.C=C.CC(C)(C)C(=O)c1ccc(OC[Si]2(C)O[Si](C)(CCCOc3ccc(C(=O)C(C)(C)O)cc3)O[Si](C)(CCCOc3ccc(C(=O)C(C)(C)O)cc3)O[Si](C)(COc3ccc(C(=O)C(C)(C)O)cc3)O[Si](C)(COc3ccc(C(=O)C(C)(C)O)cc3)O2)cc1. The second-order valence-corrected chi connectivity index (χ2v) is 44.0. The minimum Gasteiger partial charge on any atom is -0.494 e. The monoisotopic (exact) mass is 1370 g/mol. The molecule has 0 aliphatic carbocycles. The van der Waals surface area contributed by atoms with Gasteiger partial charge in [0.1, 0.15) is 69.8 Å². The molecule has 1 aliphatic rings. The molecule has 24 heteroatoms. The zero-order valence-corrected chi connectivity index (χ0v) is 62.2. The van der Waals surface area contributed by atoms with E-state index < -0.39 is 93.8 Å². The summed E-state index contributed by atoms with van der Waals surface area (Å²) >= 11 is 0. The van der Waals surface area contributed by atoms with Gasteiger partial charge >= 0.3 is 42.8 Å². The molecule has 0 amide bonds. The van der Waals surface area contributed by atoms with Crippen LogP contribution in [0.15, 0.2) is 148 Å². The van der Waals surface area contributed by atoms with Crippen molar-refractivity contribution in [3.63, 3.8) is 0 Å². The van der Waals surface area contributed by atoms with Crippen LogP contribution < -0.4 is 23.7 Å². The predicted molar refractivity (Wildman–Crippen MR) is 371 cm³/mol. The highest BCUT2D eigenvalue weighted by molar-refractivity contribution is 6.94. The van der Waals surface area contributed by atoms with E-state index in [1.54, 1.807) is 121 Å². The van der Waals surface area contributed by atoms with Gasteiger partial charge in [-0.1, -0.05) is 20.8 Å². The number of carbonyl (C=O) groups is 5. The Bertz CT molecular complexity index is 3100. The van der Waals surface area contributed by atoms with Crippen molar-refractivity contribution in [1.29, 1.82) is 0 Å². The van der Waals surface area contributed by atoms with Crippen LogP contribution in [0.4, 0.5) is 0 Å². The minimum absolute atomic E-state index is 0.0348. The first-order valence-corrected chi connectivity index (χ1v) is 43.4. The maximum Gasteiger partial charge on any atom is 0.356 e. The van der Waals surface area contributed by atoms with Crippen molar-refractivity contribution in [2.24, 2.45) is 5.41 Å². The molecule has 0 saturated carbocycles. The molecule has 0 bridgehead atoms. The summed E-state index contributed by atoms with van der Waals surface area (Å²) in [5.41, 5.74) is -5.22. The number of aliphatic hydroxyl groups is 4. The molecule has 5 atom stereocenters. The first-order chi connectivity index (χ1) is 43.0. The van der Waals surface area contributed by atoms with Gasteiger partial charge in [-0.3, -0.25) is 24.0 Å². The summed E-state index contributed by atoms with van der Waals surface area (Å²) in [5, 5.41) is 41.8. The smallest absolute Gasteiger partial charge is 0.356 e. The maximum atomic E-state index is 13.3. The van der Waals surface area contributed by atoms with E-state index in [9.17, 15) is 44.4 Å². The quantitative estimate of drug-likeness (QED) is 0.0157. The van der Waals surface area contributed by atoms with E-state index in [1.165, 1.54) is 55.4 Å². The molecule has 1 fully saturated rings. The Balaban J connectivity index is 0.00000452. The number of ether oxygens (including phenoxy) is 5. The largest absolute Gasteiger partial charge is 0.494 e. The zero-order chi connectivity index (χ0) is 70.2. The van der Waals surface area contributed by atoms with Gasteiger partial charge in [0, 0.05) is 33.2 Å². The molecule has 4 N–H and O–H groups in total. The molecule has 0 aromatic heterocycles. The van der Waals surface area contributed by atoms with Crippen molar-refractivity contribution >= 4 is 71.7 Å². The second kappa shape index (κ2) is 32.4. The fourth-order valence-corrected chi connectivity index (χ4v) is 36.8. The average Bonchev–Trinajstić information content (AvgIpc) is 0.770. The Kier molecular flexibility index (Phi) is 27.6. The standard InChI is InChI=1S/C65H90O19Si5.2C2H4/c1-61(2,3)56(66)46-19-33-53(34-20-46)77-43-87(14)81-85(12,41-17-39-75-51-29-21-47(22-30-51)57(67)62(4,5)71)80-86(13,42-18-40-76-52-31-23-48(24-32-52)58(68)63(6,7)72)82-88(15,44-78-54-35-25-49(26-36-54)59(69)64(8,9)73)84-89(16,83-87)45-79-55-37-27-50(28-38-55)60(70)65(10,11)74;2*1-2/h19-38,71-74H,17-18,39-45H2,1-16H3;2*1-2H2. The van der Waals surface area contributed by atoms with E-state index in [4.69, 9.17) is 44.3 Å². The normalized spacial score (nSPS) is 21.2. The van der Waals surface area contributed by atoms with E-state index >= 15 is 0 Å². The molecule has 508 valence electrons. The first-order valence-electron chi connectivity index (χ1n) is 30.8. The molecule has 5 aromatic rings. The summed E-state index contributed by atoms with van der Waals surface area (Å²) in [4.78, 5) is 65.1. The van der Waals surface area contributed by atoms with E-state index in [0.29, 0.717) is 70.4 Å². The lowest BCUT2D eigenvalue weighted by atomic mass is 9.86. The molecule has 0 spiro atoms. The highest BCUT2D eigenvalue weighted by Crippen LogP contribution is 2.37. The number of ketones is 5. The summed E-state index contributed by atoms with van der Waals surface area (Å²) in [7, 11) is -18.8. The molecular weight excluding hydrogens is 1270 g/mol. The lowest BCUT2D eigenvalue weighted by Gasteiger charge is -2.49. The van der Waals surface area contributed by atoms with E-state index in [2.05, 4.69) is 26.3 Å². The number of rotatable bonds is 28. The van der Waals surface area contributed by atoms with Crippen molar-refractivity contribution in [2.75, 3.05) is 31.9 Å².